The Morgan fingerprint density at radius 1 is 1.40 bits per heavy atom. The summed E-state index contributed by atoms with van der Waals surface area (Å²) in [5, 5.41) is 12.7. The van der Waals surface area contributed by atoms with Crippen molar-refractivity contribution in [1.29, 1.82) is 0 Å². The van der Waals surface area contributed by atoms with Crippen LogP contribution in [-0.4, -0.2) is 28.4 Å². The van der Waals surface area contributed by atoms with E-state index in [9.17, 15) is 9.90 Å². The van der Waals surface area contributed by atoms with Crippen molar-refractivity contribution in [2.24, 2.45) is 0 Å². The van der Waals surface area contributed by atoms with E-state index in [4.69, 9.17) is 12.2 Å². The lowest BCUT2D eigenvalue weighted by Gasteiger charge is -2.21. The summed E-state index contributed by atoms with van der Waals surface area (Å²) in [4.78, 5) is 14.2. The van der Waals surface area contributed by atoms with E-state index in [1.807, 2.05) is 12.1 Å². The number of phenols is 1. The number of anilines is 1. The Labute approximate surface area is 127 Å². The molecule has 20 heavy (non-hydrogen) atoms. The van der Waals surface area contributed by atoms with Gasteiger partial charge in [0.15, 0.2) is 0 Å². The smallest absolute Gasteiger partial charge is 0.263 e. The first-order valence-electron chi connectivity index (χ1n) is 6.38. The van der Waals surface area contributed by atoms with Crippen molar-refractivity contribution in [1.82, 2.24) is 5.32 Å². The van der Waals surface area contributed by atoms with Crippen LogP contribution in [0.5, 0.6) is 5.75 Å². The minimum absolute atomic E-state index is 0.160. The third-order valence-corrected chi connectivity index (χ3v) is 4.23. The van der Waals surface area contributed by atoms with Crippen molar-refractivity contribution in [3.63, 3.8) is 0 Å². The fraction of sp³-hybridized carbons (Fsp3) is 0.286. The summed E-state index contributed by atoms with van der Waals surface area (Å²) in [6, 6.07) is 5.47. The minimum atomic E-state index is -0.216. The van der Waals surface area contributed by atoms with Gasteiger partial charge in [-0.3, -0.25) is 4.79 Å². The molecule has 0 unspecified atom stereocenters. The molecule has 0 bridgehead atoms. The van der Waals surface area contributed by atoms with Crippen molar-refractivity contribution in [2.45, 2.75) is 13.8 Å². The molecule has 0 radical (unpaired) electrons. The third-order valence-electron chi connectivity index (χ3n) is 3.07. The second-order valence-electron chi connectivity index (χ2n) is 4.27. The average molecular weight is 308 g/mol. The average Bonchev–Trinajstić information content (AvgIpc) is 2.72. The van der Waals surface area contributed by atoms with Gasteiger partial charge in [-0.1, -0.05) is 24.0 Å². The Balaban J connectivity index is 2.29. The summed E-state index contributed by atoms with van der Waals surface area (Å²) in [7, 11) is 0. The number of hydrogen-bond donors (Lipinski definition) is 2. The lowest BCUT2D eigenvalue weighted by molar-refractivity contribution is -0.115. The van der Waals surface area contributed by atoms with Gasteiger partial charge in [0.2, 0.25) is 0 Å². The largest absolute Gasteiger partial charge is 0.507 e. The zero-order valence-electron chi connectivity index (χ0n) is 11.3. The summed E-state index contributed by atoms with van der Waals surface area (Å²) in [6.45, 7) is 5.89. The predicted octanol–water partition coefficient (Wildman–Crippen LogP) is 2.73. The van der Waals surface area contributed by atoms with E-state index in [0.717, 1.165) is 18.8 Å². The van der Waals surface area contributed by atoms with Gasteiger partial charge in [0, 0.05) is 30.4 Å². The molecular formula is C14H16N2O2S2. The van der Waals surface area contributed by atoms with Crippen LogP contribution in [0.1, 0.15) is 19.4 Å². The number of nitrogens with zero attached hydrogens (tertiary/aromatic N) is 1. The van der Waals surface area contributed by atoms with Crippen LogP contribution < -0.4 is 10.2 Å². The Bertz CT molecular complexity index is 581. The zero-order chi connectivity index (χ0) is 14.7. The first-order valence-corrected chi connectivity index (χ1v) is 7.60. The van der Waals surface area contributed by atoms with Gasteiger partial charge in [-0.25, -0.2) is 0 Å². The van der Waals surface area contributed by atoms with E-state index in [1.165, 1.54) is 11.8 Å². The molecule has 1 aliphatic rings. The first-order chi connectivity index (χ1) is 9.55. The van der Waals surface area contributed by atoms with Gasteiger partial charge in [0.05, 0.1) is 4.91 Å². The second kappa shape index (κ2) is 6.28. The maximum absolute atomic E-state index is 11.6. The van der Waals surface area contributed by atoms with Crippen LogP contribution in [0.4, 0.5) is 5.69 Å². The molecule has 0 aromatic heterocycles. The van der Waals surface area contributed by atoms with Gasteiger partial charge >= 0.3 is 0 Å². The number of nitrogens with one attached hydrogen (secondary N) is 1. The third kappa shape index (κ3) is 3.13. The van der Waals surface area contributed by atoms with Crippen LogP contribution in [0, 0.1) is 0 Å². The first kappa shape index (κ1) is 14.9. The van der Waals surface area contributed by atoms with E-state index in [-0.39, 0.29) is 11.7 Å². The fourth-order valence-electron chi connectivity index (χ4n) is 2.00. The quantitative estimate of drug-likeness (QED) is 0.662. The Morgan fingerprint density at radius 2 is 2.10 bits per heavy atom. The molecule has 1 fully saturated rings. The summed E-state index contributed by atoms with van der Waals surface area (Å²) >= 11 is 6.14. The maximum atomic E-state index is 11.6. The number of amides is 1. The molecule has 2 rings (SSSR count). The van der Waals surface area contributed by atoms with Crippen LogP contribution in [0.2, 0.25) is 0 Å². The number of phenolic OH excluding ortho intramolecular Hbond substituents is 1. The molecule has 106 valence electrons. The van der Waals surface area contributed by atoms with Gasteiger partial charge in [0.1, 0.15) is 10.1 Å². The SMILES string of the molecule is CCN(CC)c1ccc(/C=C2\SC(=S)NC2=O)c(O)c1. The fourth-order valence-corrected chi connectivity index (χ4v) is 3.04. The van der Waals surface area contributed by atoms with Crippen molar-refractivity contribution in [3.8, 4) is 5.75 Å². The van der Waals surface area contributed by atoms with Crippen LogP contribution in [0.25, 0.3) is 6.08 Å². The number of carbonyl (C=O) groups excluding carboxylic acids is 1. The molecule has 1 saturated heterocycles. The van der Waals surface area contributed by atoms with E-state index >= 15 is 0 Å². The molecule has 1 amide bonds. The number of hydrogen-bond acceptors (Lipinski definition) is 5. The molecule has 0 spiro atoms. The van der Waals surface area contributed by atoms with Gasteiger partial charge in [-0.2, -0.15) is 0 Å². The van der Waals surface area contributed by atoms with E-state index in [2.05, 4.69) is 24.1 Å². The highest BCUT2D eigenvalue weighted by Gasteiger charge is 2.22. The van der Waals surface area contributed by atoms with Crippen LogP contribution >= 0.6 is 24.0 Å². The van der Waals surface area contributed by atoms with Crippen LogP contribution in [0.15, 0.2) is 23.1 Å². The van der Waals surface area contributed by atoms with Crippen LogP contribution in [-0.2, 0) is 4.79 Å². The molecular weight excluding hydrogens is 292 g/mol. The summed E-state index contributed by atoms with van der Waals surface area (Å²) in [5.41, 5.74) is 1.58. The normalized spacial score (nSPS) is 16.6. The Hall–Kier alpha value is -1.53. The van der Waals surface area contributed by atoms with Crippen molar-refractivity contribution in [2.75, 3.05) is 18.0 Å². The van der Waals surface area contributed by atoms with E-state index < -0.39 is 0 Å². The van der Waals surface area contributed by atoms with Crippen molar-refractivity contribution in [3.05, 3.63) is 28.7 Å². The number of thioether (sulfide) groups is 1. The predicted molar refractivity (Wildman–Crippen MR) is 88.0 cm³/mol. The standard InChI is InChI=1S/C14H16N2O2S2/c1-3-16(4-2)10-6-5-9(11(17)8-10)7-12-13(18)15-14(19)20-12/h5-8,17H,3-4H2,1-2H3,(H,15,18,19)/b12-7-. The van der Waals surface area contributed by atoms with Gasteiger partial charge in [-0.15, -0.1) is 0 Å². The monoisotopic (exact) mass is 308 g/mol. The topological polar surface area (TPSA) is 52.6 Å². The highest BCUT2D eigenvalue weighted by Crippen LogP contribution is 2.31. The van der Waals surface area contributed by atoms with Gasteiger partial charge in [-0.05, 0) is 32.1 Å². The summed E-state index contributed by atoms with van der Waals surface area (Å²) in [5.74, 6) is -0.0552. The molecule has 4 nitrogen and oxygen atoms in total. The lowest BCUT2D eigenvalue weighted by atomic mass is 10.1. The molecule has 6 heteroatoms. The molecule has 0 aliphatic carbocycles. The second-order valence-corrected chi connectivity index (χ2v) is 5.99. The maximum Gasteiger partial charge on any atom is 0.263 e. The minimum Gasteiger partial charge on any atom is -0.507 e. The van der Waals surface area contributed by atoms with Crippen LogP contribution in [0.3, 0.4) is 0 Å². The number of aromatic hydroxyl groups is 1. The summed E-state index contributed by atoms with van der Waals surface area (Å²) in [6.07, 6.45) is 1.65. The van der Waals surface area contributed by atoms with E-state index in [0.29, 0.717) is 14.8 Å². The Kier molecular flexibility index (Phi) is 4.67. The lowest BCUT2D eigenvalue weighted by Crippen LogP contribution is -2.21. The van der Waals surface area contributed by atoms with Crippen molar-refractivity contribution >= 4 is 46.0 Å². The van der Waals surface area contributed by atoms with Gasteiger partial charge in [0.25, 0.3) is 5.91 Å². The van der Waals surface area contributed by atoms with E-state index in [1.54, 1.807) is 12.1 Å². The number of rotatable bonds is 4. The molecule has 2 N–H and O–H groups in total. The molecule has 1 aliphatic heterocycles. The number of thiocarbonyl (C=S) groups is 1. The van der Waals surface area contributed by atoms with Crippen molar-refractivity contribution < 1.29 is 9.90 Å². The summed E-state index contributed by atoms with van der Waals surface area (Å²) < 4.78 is 0.445. The molecule has 0 atom stereocenters. The van der Waals surface area contributed by atoms with Gasteiger partial charge < -0.3 is 15.3 Å². The molecule has 1 aromatic rings. The molecule has 1 heterocycles. The number of carbonyl (C=O) groups is 1. The zero-order valence-corrected chi connectivity index (χ0v) is 13.0. The Morgan fingerprint density at radius 3 is 2.60 bits per heavy atom. The highest BCUT2D eigenvalue weighted by atomic mass is 32.2. The number of benzene rings is 1. The highest BCUT2D eigenvalue weighted by molar-refractivity contribution is 8.26. The molecule has 0 saturated carbocycles. The molecule has 1 aromatic carbocycles.